The standard InChI is InChI=1S/C20H24F2N4O3/c1-12-23-10-16(11-24-12)26(5)18(27)17(25-19(28)29-20(2,3)4)8-13-6-14(21)9-15(22)7-13/h6-7,9-11,17H,8H2,1-5H3,(H,25,28)/t17-/m0/s1. The molecule has 0 fully saturated rings. The molecule has 1 N–H and O–H groups in total. The number of hydrogen-bond acceptors (Lipinski definition) is 5. The summed E-state index contributed by atoms with van der Waals surface area (Å²) in [5.74, 6) is -1.53. The predicted octanol–water partition coefficient (Wildman–Crippen LogP) is 3.16. The largest absolute Gasteiger partial charge is 0.444 e. The van der Waals surface area contributed by atoms with Crippen LogP contribution >= 0.6 is 0 Å². The molecular weight excluding hydrogens is 382 g/mol. The van der Waals surface area contributed by atoms with Crippen LogP contribution in [0, 0.1) is 18.6 Å². The number of aryl methyl sites for hydroxylation is 1. The summed E-state index contributed by atoms with van der Waals surface area (Å²) < 4.78 is 32.3. The molecule has 1 atom stereocenters. The summed E-state index contributed by atoms with van der Waals surface area (Å²) in [6, 6.07) is 1.82. The van der Waals surface area contributed by atoms with Gasteiger partial charge in [-0.25, -0.2) is 23.5 Å². The molecular formula is C20H24F2N4O3. The van der Waals surface area contributed by atoms with Crippen LogP contribution in [-0.4, -0.2) is 40.7 Å². The Balaban J connectivity index is 2.27. The SMILES string of the molecule is Cc1ncc(N(C)C(=O)[C@H](Cc2cc(F)cc(F)c2)NC(=O)OC(C)(C)C)cn1. The van der Waals surface area contributed by atoms with E-state index in [4.69, 9.17) is 4.74 Å². The average Bonchev–Trinajstić information content (AvgIpc) is 2.58. The number of aromatic nitrogens is 2. The van der Waals surface area contributed by atoms with Crippen LogP contribution in [0.4, 0.5) is 19.3 Å². The summed E-state index contributed by atoms with van der Waals surface area (Å²) in [5, 5.41) is 2.48. The number of alkyl carbamates (subject to hydrolysis) is 1. The molecule has 0 saturated heterocycles. The lowest BCUT2D eigenvalue weighted by atomic mass is 10.0. The molecule has 9 heteroatoms. The fourth-order valence-electron chi connectivity index (χ4n) is 2.53. The van der Waals surface area contributed by atoms with Gasteiger partial charge in [-0.15, -0.1) is 0 Å². The minimum Gasteiger partial charge on any atom is -0.444 e. The van der Waals surface area contributed by atoms with E-state index in [0.29, 0.717) is 11.5 Å². The van der Waals surface area contributed by atoms with E-state index in [1.165, 1.54) is 24.3 Å². The minimum absolute atomic E-state index is 0.135. The third-order valence-corrected chi connectivity index (χ3v) is 3.84. The van der Waals surface area contributed by atoms with Gasteiger partial charge in [-0.05, 0) is 45.4 Å². The van der Waals surface area contributed by atoms with Crippen LogP contribution < -0.4 is 10.2 Å². The first-order valence-corrected chi connectivity index (χ1v) is 8.95. The first kappa shape index (κ1) is 22.2. The van der Waals surface area contributed by atoms with Gasteiger partial charge in [-0.1, -0.05) is 0 Å². The number of carbonyl (C=O) groups excluding carboxylic acids is 2. The van der Waals surface area contributed by atoms with Crippen molar-refractivity contribution in [2.75, 3.05) is 11.9 Å². The fourth-order valence-corrected chi connectivity index (χ4v) is 2.53. The van der Waals surface area contributed by atoms with Crippen molar-refractivity contribution in [2.24, 2.45) is 0 Å². The van der Waals surface area contributed by atoms with Crippen molar-refractivity contribution in [3.63, 3.8) is 0 Å². The van der Waals surface area contributed by atoms with Gasteiger partial charge in [-0.2, -0.15) is 0 Å². The molecule has 1 heterocycles. The Morgan fingerprint density at radius 3 is 2.21 bits per heavy atom. The van der Waals surface area contributed by atoms with E-state index >= 15 is 0 Å². The lowest BCUT2D eigenvalue weighted by molar-refractivity contribution is -0.120. The second-order valence-electron chi connectivity index (χ2n) is 7.57. The molecule has 0 saturated carbocycles. The van der Waals surface area contributed by atoms with Crippen LogP contribution in [0.2, 0.25) is 0 Å². The fraction of sp³-hybridized carbons (Fsp3) is 0.400. The first-order valence-electron chi connectivity index (χ1n) is 8.95. The Kier molecular flexibility index (Phi) is 6.84. The molecule has 2 aromatic rings. The van der Waals surface area contributed by atoms with E-state index in [0.717, 1.165) is 18.2 Å². The van der Waals surface area contributed by atoms with Crippen LogP contribution in [0.1, 0.15) is 32.2 Å². The monoisotopic (exact) mass is 406 g/mol. The topological polar surface area (TPSA) is 84.4 Å². The van der Waals surface area contributed by atoms with Crippen LogP contribution in [0.15, 0.2) is 30.6 Å². The van der Waals surface area contributed by atoms with E-state index < -0.39 is 35.3 Å². The maximum Gasteiger partial charge on any atom is 0.408 e. The first-order chi connectivity index (χ1) is 13.4. The van der Waals surface area contributed by atoms with Crippen LogP contribution in [0.25, 0.3) is 0 Å². The van der Waals surface area contributed by atoms with Crippen LogP contribution in [-0.2, 0) is 16.0 Å². The smallest absolute Gasteiger partial charge is 0.408 e. The van der Waals surface area contributed by atoms with Crippen molar-refractivity contribution in [3.8, 4) is 0 Å². The maximum absolute atomic E-state index is 13.6. The normalized spacial score (nSPS) is 12.2. The highest BCUT2D eigenvalue weighted by molar-refractivity contribution is 5.98. The molecule has 156 valence electrons. The number of halogens is 2. The van der Waals surface area contributed by atoms with Gasteiger partial charge in [0, 0.05) is 19.5 Å². The van der Waals surface area contributed by atoms with Crippen molar-refractivity contribution in [2.45, 2.75) is 45.8 Å². The molecule has 0 spiro atoms. The van der Waals surface area contributed by atoms with Gasteiger partial charge < -0.3 is 15.0 Å². The van der Waals surface area contributed by atoms with Gasteiger partial charge in [0.05, 0.1) is 18.1 Å². The molecule has 1 aromatic heterocycles. The lowest BCUT2D eigenvalue weighted by Crippen LogP contribution is -2.50. The summed E-state index contributed by atoms with van der Waals surface area (Å²) >= 11 is 0. The van der Waals surface area contributed by atoms with Gasteiger partial charge in [0.15, 0.2) is 0 Å². The van der Waals surface area contributed by atoms with Crippen molar-refractivity contribution in [1.82, 2.24) is 15.3 Å². The number of benzene rings is 1. The summed E-state index contributed by atoms with van der Waals surface area (Å²) in [4.78, 5) is 34.6. The summed E-state index contributed by atoms with van der Waals surface area (Å²) in [7, 11) is 1.49. The van der Waals surface area contributed by atoms with Gasteiger partial charge in [0.25, 0.3) is 0 Å². The Labute approximate surface area is 168 Å². The van der Waals surface area contributed by atoms with E-state index in [1.54, 1.807) is 27.7 Å². The van der Waals surface area contributed by atoms with Gasteiger partial charge in [-0.3, -0.25) is 4.79 Å². The molecule has 0 unspecified atom stereocenters. The number of carbonyl (C=O) groups is 2. The molecule has 29 heavy (non-hydrogen) atoms. The van der Waals surface area contributed by atoms with E-state index in [-0.39, 0.29) is 12.0 Å². The molecule has 2 amide bonds. The molecule has 0 aliphatic rings. The lowest BCUT2D eigenvalue weighted by Gasteiger charge is -2.26. The Morgan fingerprint density at radius 1 is 1.14 bits per heavy atom. The van der Waals surface area contributed by atoms with Gasteiger partial charge in [0.1, 0.15) is 29.1 Å². The zero-order valence-corrected chi connectivity index (χ0v) is 17.0. The Hall–Kier alpha value is -3.10. The number of rotatable bonds is 5. The number of amides is 2. The number of likely N-dealkylation sites (N-methyl/N-ethyl adjacent to an activating group) is 1. The summed E-state index contributed by atoms with van der Waals surface area (Å²) in [6.07, 6.45) is 1.98. The van der Waals surface area contributed by atoms with Gasteiger partial charge >= 0.3 is 6.09 Å². The highest BCUT2D eigenvalue weighted by Crippen LogP contribution is 2.16. The van der Waals surface area contributed by atoms with E-state index in [1.807, 2.05) is 0 Å². The highest BCUT2D eigenvalue weighted by Gasteiger charge is 2.28. The van der Waals surface area contributed by atoms with Crippen molar-refractivity contribution < 1.29 is 23.1 Å². The summed E-state index contributed by atoms with van der Waals surface area (Å²) in [6.45, 7) is 6.75. The number of nitrogens with zero attached hydrogens (tertiary/aromatic N) is 3. The zero-order valence-electron chi connectivity index (χ0n) is 17.0. The molecule has 0 bridgehead atoms. The van der Waals surface area contributed by atoms with Crippen LogP contribution in [0.3, 0.4) is 0 Å². The predicted molar refractivity (Wildman–Crippen MR) is 103 cm³/mol. The minimum atomic E-state index is -1.13. The number of ether oxygens (including phenoxy) is 1. The molecule has 0 aliphatic carbocycles. The zero-order chi connectivity index (χ0) is 21.8. The van der Waals surface area contributed by atoms with E-state index in [2.05, 4.69) is 15.3 Å². The third kappa shape index (κ3) is 6.78. The molecule has 2 rings (SSSR count). The number of anilines is 1. The molecule has 1 aromatic carbocycles. The van der Waals surface area contributed by atoms with Crippen molar-refractivity contribution >= 4 is 17.7 Å². The van der Waals surface area contributed by atoms with Gasteiger partial charge in [0.2, 0.25) is 5.91 Å². The van der Waals surface area contributed by atoms with E-state index in [9.17, 15) is 18.4 Å². The maximum atomic E-state index is 13.6. The number of hydrogen-bond donors (Lipinski definition) is 1. The second kappa shape index (κ2) is 8.93. The van der Waals surface area contributed by atoms with Crippen LogP contribution in [0.5, 0.6) is 0 Å². The third-order valence-electron chi connectivity index (χ3n) is 3.84. The van der Waals surface area contributed by atoms with Crippen molar-refractivity contribution in [1.29, 1.82) is 0 Å². The quantitative estimate of drug-likeness (QED) is 0.825. The second-order valence-corrected chi connectivity index (χ2v) is 7.57. The number of nitrogens with one attached hydrogen (secondary N) is 1. The molecule has 0 radical (unpaired) electrons. The Morgan fingerprint density at radius 2 is 1.69 bits per heavy atom. The molecule has 0 aliphatic heterocycles. The van der Waals surface area contributed by atoms with Crippen molar-refractivity contribution in [3.05, 3.63) is 53.6 Å². The molecule has 7 nitrogen and oxygen atoms in total. The summed E-state index contributed by atoms with van der Waals surface area (Å²) in [5.41, 5.74) is -0.160. The Bertz CT molecular complexity index is 862. The highest BCUT2D eigenvalue weighted by atomic mass is 19.1. The average molecular weight is 406 g/mol.